The van der Waals surface area contributed by atoms with Crippen molar-refractivity contribution in [3.63, 3.8) is 0 Å². The maximum Gasteiger partial charge on any atom is 0.124 e. The molecule has 0 radical (unpaired) electrons. The molecule has 2 aromatic carbocycles. The molecule has 0 aliphatic carbocycles. The number of rotatable bonds is 3. The van der Waals surface area contributed by atoms with Crippen molar-refractivity contribution in [1.82, 2.24) is 0 Å². The lowest BCUT2D eigenvalue weighted by Gasteiger charge is -2.14. The van der Waals surface area contributed by atoms with Gasteiger partial charge < -0.3 is 5.73 Å². The van der Waals surface area contributed by atoms with Crippen LogP contribution in [0.2, 0.25) is 0 Å². The third-order valence-electron chi connectivity index (χ3n) is 3.34. The van der Waals surface area contributed by atoms with Crippen LogP contribution >= 0.6 is 15.9 Å². The van der Waals surface area contributed by atoms with E-state index in [1.54, 1.807) is 0 Å². The molecule has 100 valence electrons. The number of hydrogen-bond acceptors (Lipinski definition) is 1. The molecule has 3 heteroatoms. The van der Waals surface area contributed by atoms with Crippen LogP contribution in [0.25, 0.3) is 0 Å². The highest BCUT2D eigenvalue weighted by Gasteiger charge is 2.09. The van der Waals surface area contributed by atoms with Crippen molar-refractivity contribution >= 4 is 15.9 Å². The smallest absolute Gasteiger partial charge is 0.124 e. The Labute approximate surface area is 121 Å². The number of hydrogen-bond donors (Lipinski definition) is 1. The lowest BCUT2D eigenvalue weighted by molar-refractivity contribution is 0.621. The average Bonchev–Trinajstić information content (AvgIpc) is 2.31. The number of halogens is 2. The van der Waals surface area contributed by atoms with Crippen LogP contribution in [0.4, 0.5) is 4.39 Å². The summed E-state index contributed by atoms with van der Waals surface area (Å²) in [6, 6.07) is 11.0. The predicted molar refractivity (Wildman–Crippen MR) is 80.6 cm³/mol. The minimum Gasteiger partial charge on any atom is -0.324 e. The molecule has 0 aromatic heterocycles. The van der Waals surface area contributed by atoms with Gasteiger partial charge in [0.2, 0.25) is 0 Å². The van der Waals surface area contributed by atoms with Gasteiger partial charge in [0.25, 0.3) is 0 Å². The van der Waals surface area contributed by atoms with Gasteiger partial charge >= 0.3 is 0 Å². The van der Waals surface area contributed by atoms with Crippen molar-refractivity contribution in [2.75, 3.05) is 0 Å². The van der Waals surface area contributed by atoms with E-state index in [0.29, 0.717) is 6.42 Å². The molecular weight excluding hydrogens is 305 g/mol. The summed E-state index contributed by atoms with van der Waals surface area (Å²) in [6.07, 6.45) is 0.624. The van der Waals surface area contributed by atoms with Crippen molar-refractivity contribution in [2.24, 2.45) is 5.73 Å². The fourth-order valence-electron chi connectivity index (χ4n) is 2.10. The number of nitrogens with two attached hydrogens (primary N) is 1. The second-order valence-electron chi connectivity index (χ2n) is 4.93. The average molecular weight is 322 g/mol. The van der Waals surface area contributed by atoms with E-state index in [1.807, 2.05) is 12.1 Å². The van der Waals surface area contributed by atoms with Gasteiger partial charge in [-0.2, -0.15) is 0 Å². The quantitative estimate of drug-likeness (QED) is 0.888. The van der Waals surface area contributed by atoms with Gasteiger partial charge in [0.15, 0.2) is 0 Å². The third kappa shape index (κ3) is 3.64. The summed E-state index contributed by atoms with van der Waals surface area (Å²) in [5, 5.41) is 0. The highest BCUT2D eigenvalue weighted by molar-refractivity contribution is 9.10. The molecule has 0 amide bonds. The molecule has 0 spiro atoms. The Bertz CT molecular complexity index is 575. The Kier molecular flexibility index (Phi) is 4.38. The first-order valence-corrected chi connectivity index (χ1v) is 7.02. The number of benzene rings is 2. The van der Waals surface area contributed by atoms with E-state index in [2.05, 4.69) is 41.9 Å². The van der Waals surface area contributed by atoms with Crippen molar-refractivity contribution in [3.05, 3.63) is 68.9 Å². The second kappa shape index (κ2) is 5.85. The molecule has 0 heterocycles. The fourth-order valence-corrected chi connectivity index (χ4v) is 2.61. The molecular formula is C16H17BrFN. The van der Waals surface area contributed by atoms with E-state index in [1.165, 1.54) is 23.3 Å². The van der Waals surface area contributed by atoms with E-state index in [4.69, 9.17) is 5.73 Å². The van der Waals surface area contributed by atoms with Gasteiger partial charge in [-0.3, -0.25) is 0 Å². The Morgan fingerprint density at radius 1 is 1.11 bits per heavy atom. The van der Waals surface area contributed by atoms with E-state index >= 15 is 0 Å². The summed E-state index contributed by atoms with van der Waals surface area (Å²) in [5.74, 6) is -0.239. The summed E-state index contributed by atoms with van der Waals surface area (Å²) < 4.78 is 14.1. The van der Waals surface area contributed by atoms with E-state index in [0.717, 1.165) is 15.6 Å². The Morgan fingerprint density at radius 3 is 2.47 bits per heavy atom. The molecule has 1 unspecified atom stereocenters. The van der Waals surface area contributed by atoms with Crippen LogP contribution in [0.5, 0.6) is 0 Å². The molecule has 0 aliphatic heterocycles. The molecule has 0 saturated heterocycles. The maximum atomic E-state index is 13.3. The van der Waals surface area contributed by atoms with Crippen molar-refractivity contribution in [3.8, 4) is 0 Å². The molecule has 0 aliphatic rings. The lowest BCUT2D eigenvalue weighted by Crippen LogP contribution is -2.13. The zero-order chi connectivity index (χ0) is 14.0. The van der Waals surface area contributed by atoms with Crippen LogP contribution in [-0.4, -0.2) is 0 Å². The molecule has 2 aromatic rings. The molecule has 1 atom stereocenters. The van der Waals surface area contributed by atoms with Crippen LogP contribution in [0.1, 0.15) is 28.3 Å². The highest BCUT2D eigenvalue weighted by Crippen LogP contribution is 2.22. The van der Waals surface area contributed by atoms with Gasteiger partial charge in [-0.15, -0.1) is 0 Å². The second-order valence-corrected chi connectivity index (χ2v) is 5.85. The monoisotopic (exact) mass is 321 g/mol. The molecule has 1 nitrogen and oxygen atoms in total. The minimum atomic E-state index is -0.239. The molecule has 2 rings (SSSR count). The normalized spacial score (nSPS) is 12.5. The van der Waals surface area contributed by atoms with Gasteiger partial charge in [0.1, 0.15) is 5.82 Å². The van der Waals surface area contributed by atoms with E-state index in [-0.39, 0.29) is 11.9 Å². The minimum absolute atomic E-state index is 0.118. The van der Waals surface area contributed by atoms with Crippen molar-refractivity contribution in [1.29, 1.82) is 0 Å². The van der Waals surface area contributed by atoms with Crippen LogP contribution in [-0.2, 0) is 6.42 Å². The van der Waals surface area contributed by atoms with E-state index in [9.17, 15) is 4.39 Å². The van der Waals surface area contributed by atoms with Gasteiger partial charge in [-0.05, 0) is 60.7 Å². The van der Waals surface area contributed by atoms with Crippen molar-refractivity contribution < 1.29 is 4.39 Å². The molecule has 19 heavy (non-hydrogen) atoms. The first-order valence-electron chi connectivity index (χ1n) is 6.23. The highest BCUT2D eigenvalue weighted by atomic mass is 79.9. The molecule has 0 bridgehead atoms. The molecule has 2 N–H and O–H groups in total. The standard InChI is InChI=1S/C16H17BrFN/c1-10-3-4-13(5-11(10)2)16(19)8-12-6-14(17)9-15(18)7-12/h3-7,9,16H,8,19H2,1-2H3. The summed E-state index contributed by atoms with van der Waals surface area (Å²) in [4.78, 5) is 0. The van der Waals surface area contributed by atoms with Gasteiger partial charge in [-0.1, -0.05) is 34.1 Å². The summed E-state index contributed by atoms with van der Waals surface area (Å²) in [5.41, 5.74) is 10.7. The zero-order valence-corrected chi connectivity index (χ0v) is 12.7. The summed E-state index contributed by atoms with van der Waals surface area (Å²) >= 11 is 3.30. The molecule has 0 saturated carbocycles. The molecule has 0 fully saturated rings. The Morgan fingerprint density at radius 2 is 1.84 bits per heavy atom. The summed E-state index contributed by atoms with van der Waals surface area (Å²) in [6.45, 7) is 4.15. The fraction of sp³-hybridized carbons (Fsp3) is 0.250. The van der Waals surface area contributed by atoms with Crippen LogP contribution in [0, 0.1) is 19.7 Å². The van der Waals surface area contributed by atoms with Gasteiger partial charge in [-0.25, -0.2) is 4.39 Å². The third-order valence-corrected chi connectivity index (χ3v) is 3.79. The predicted octanol–water partition coefficient (Wildman–Crippen LogP) is 4.45. The lowest BCUT2D eigenvalue weighted by atomic mass is 9.96. The van der Waals surface area contributed by atoms with Crippen molar-refractivity contribution in [2.45, 2.75) is 26.3 Å². The Hall–Kier alpha value is -1.19. The van der Waals surface area contributed by atoms with Gasteiger partial charge in [0, 0.05) is 10.5 Å². The largest absolute Gasteiger partial charge is 0.324 e. The first-order chi connectivity index (χ1) is 8.95. The SMILES string of the molecule is Cc1ccc(C(N)Cc2cc(F)cc(Br)c2)cc1C. The summed E-state index contributed by atoms with van der Waals surface area (Å²) in [7, 11) is 0. The zero-order valence-electron chi connectivity index (χ0n) is 11.1. The number of aryl methyl sites for hydroxylation is 2. The van der Waals surface area contributed by atoms with Crippen LogP contribution in [0.15, 0.2) is 40.9 Å². The Balaban J connectivity index is 2.20. The van der Waals surface area contributed by atoms with Gasteiger partial charge in [0.05, 0.1) is 0 Å². The van der Waals surface area contributed by atoms with E-state index < -0.39 is 0 Å². The first kappa shape index (κ1) is 14.2. The maximum absolute atomic E-state index is 13.3. The topological polar surface area (TPSA) is 26.0 Å². The van der Waals surface area contributed by atoms with Crippen LogP contribution < -0.4 is 5.73 Å². The van der Waals surface area contributed by atoms with Crippen LogP contribution in [0.3, 0.4) is 0 Å².